The molecule has 6 nitrogen and oxygen atoms in total. The third kappa shape index (κ3) is 4.57. The van der Waals surface area contributed by atoms with E-state index < -0.39 is 4.92 Å². The van der Waals surface area contributed by atoms with Crippen molar-refractivity contribution in [2.24, 2.45) is 0 Å². The molecule has 0 radical (unpaired) electrons. The van der Waals surface area contributed by atoms with E-state index in [0.29, 0.717) is 10.2 Å². The first kappa shape index (κ1) is 18.9. The Morgan fingerprint density at radius 1 is 1.20 bits per heavy atom. The Balaban J connectivity index is 2.18. The van der Waals surface area contributed by atoms with E-state index in [1.807, 2.05) is 32.9 Å². The second kappa shape index (κ2) is 7.65. The van der Waals surface area contributed by atoms with Crippen LogP contribution in [0.5, 0.6) is 0 Å². The van der Waals surface area contributed by atoms with Crippen LogP contribution >= 0.6 is 15.9 Å². The van der Waals surface area contributed by atoms with E-state index >= 15 is 0 Å². The molecule has 2 rings (SSSR count). The zero-order chi connectivity index (χ0) is 18.7. The molecule has 0 aliphatic carbocycles. The number of carbonyl (C=O) groups is 1. The number of aryl methyl sites for hydroxylation is 3. The summed E-state index contributed by atoms with van der Waals surface area (Å²) in [5, 5.41) is 14.1. The molecule has 0 atom stereocenters. The van der Waals surface area contributed by atoms with Gasteiger partial charge in [0.25, 0.3) is 5.69 Å². The van der Waals surface area contributed by atoms with E-state index in [1.54, 1.807) is 24.1 Å². The first-order chi connectivity index (χ1) is 11.7. The average molecular weight is 406 g/mol. The van der Waals surface area contributed by atoms with Gasteiger partial charge in [0.2, 0.25) is 5.91 Å². The van der Waals surface area contributed by atoms with Gasteiger partial charge in [0.1, 0.15) is 5.69 Å². The molecule has 132 valence electrons. The van der Waals surface area contributed by atoms with Crippen LogP contribution in [0.15, 0.2) is 34.8 Å². The Hall–Kier alpha value is -2.41. The van der Waals surface area contributed by atoms with E-state index in [-0.39, 0.29) is 18.1 Å². The van der Waals surface area contributed by atoms with Crippen molar-refractivity contribution in [3.8, 4) is 0 Å². The van der Waals surface area contributed by atoms with Crippen LogP contribution in [0.25, 0.3) is 0 Å². The summed E-state index contributed by atoms with van der Waals surface area (Å²) in [5.41, 5.74) is 4.24. The van der Waals surface area contributed by atoms with E-state index in [9.17, 15) is 14.9 Å². The van der Waals surface area contributed by atoms with Crippen molar-refractivity contribution in [2.75, 3.05) is 23.8 Å². The average Bonchev–Trinajstić information content (AvgIpc) is 2.50. The third-order valence-corrected chi connectivity index (χ3v) is 4.36. The zero-order valence-corrected chi connectivity index (χ0v) is 16.2. The SMILES string of the molecule is Cc1cc(C)c(NC(=O)CN(C)c2ccc(Br)cc2[N+](=O)[O-])c(C)c1. The van der Waals surface area contributed by atoms with Gasteiger partial charge in [-0.15, -0.1) is 0 Å². The first-order valence-electron chi connectivity index (χ1n) is 7.72. The molecule has 1 N–H and O–H groups in total. The van der Waals surface area contributed by atoms with Gasteiger partial charge in [-0.2, -0.15) is 0 Å². The molecule has 0 saturated heterocycles. The number of anilines is 2. The van der Waals surface area contributed by atoms with Gasteiger partial charge in [0, 0.05) is 23.3 Å². The number of nitro benzene ring substituents is 1. The first-order valence-corrected chi connectivity index (χ1v) is 8.51. The number of carbonyl (C=O) groups excluding carboxylic acids is 1. The molecular weight excluding hydrogens is 386 g/mol. The number of hydrogen-bond acceptors (Lipinski definition) is 4. The quantitative estimate of drug-likeness (QED) is 0.592. The molecule has 0 bridgehead atoms. The lowest BCUT2D eigenvalue weighted by Gasteiger charge is -2.20. The molecule has 1 amide bonds. The minimum absolute atomic E-state index is 0.00916. The fourth-order valence-electron chi connectivity index (χ4n) is 2.82. The molecule has 2 aromatic carbocycles. The molecule has 2 aromatic rings. The van der Waals surface area contributed by atoms with Gasteiger partial charge < -0.3 is 10.2 Å². The van der Waals surface area contributed by atoms with Gasteiger partial charge in [-0.3, -0.25) is 14.9 Å². The molecule has 0 aliphatic heterocycles. The smallest absolute Gasteiger partial charge is 0.293 e. The number of benzene rings is 2. The zero-order valence-electron chi connectivity index (χ0n) is 14.6. The molecule has 0 aliphatic rings. The highest BCUT2D eigenvalue weighted by Gasteiger charge is 2.19. The maximum atomic E-state index is 12.4. The maximum Gasteiger partial charge on any atom is 0.293 e. The summed E-state index contributed by atoms with van der Waals surface area (Å²) in [7, 11) is 1.66. The Labute approximate surface area is 155 Å². The molecule has 25 heavy (non-hydrogen) atoms. The number of nitrogens with one attached hydrogen (secondary N) is 1. The Morgan fingerprint density at radius 2 is 1.80 bits per heavy atom. The van der Waals surface area contributed by atoms with E-state index in [0.717, 1.165) is 22.4 Å². The van der Waals surface area contributed by atoms with Crippen molar-refractivity contribution in [1.82, 2.24) is 0 Å². The van der Waals surface area contributed by atoms with Crippen molar-refractivity contribution in [3.05, 3.63) is 61.6 Å². The number of halogens is 1. The van der Waals surface area contributed by atoms with Crippen molar-refractivity contribution in [3.63, 3.8) is 0 Å². The fraction of sp³-hybridized carbons (Fsp3) is 0.278. The lowest BCUT2D eigenvalue weighted by atomic mass is 10.1. The number of rotatable bonds is 5. The van der Waals surface area contributed by atoms with E-state index in [1.165, 1.54) is 6.07 Å². The summed E-state index contributed by atoms with van der Waals surface area (Å²) in [6.07, 6.45) is 0. The molecule has 0 unspecified atom stereocenters. The summed E-state index contributed by atoms with van der Waals surface area (Å²) in [6.45, 7) is 5.90. The number of nitro groups is 1. The van der Waals surface area contributed by atoms with E-state index in [2.05, 4.69) is 21.2 Å². The number of nitrogens with zero attached hydrogens (tertiary/aromatic N) is 2. The molecule has 0 heterocycles. The summed E-state index contributed by atoms with van der Waals surface area (Å²) in [4.78, 5) is 24.7. The van der Waals surface area contributed by atoms with Gasteiger partial charge >= 0.3 is 0 Å². The van der Waals surface area contributed by atoms with Crippen molar-refractivity contribution in [2.45, 2.75) is 20.8 Å². The highest BCUT2D eigenvalue weighted by Crippen LogP contribution is 2.30. The lowest BCUT2D eigenvalue weighted by Crippen LogP contribution is -2.30. The number of amides is 1. The van der Waals surface area contributed by atoms with Gasteiger partial charge in [-0.25, -0.2) is 0 Å². The van der Waals surface area contributed by atoms with Crippen LogP contribution in [0.3, 0.4) is 0 Å². The van der Waals surface area contributed by atoms with E-state index in [4.69, 9.17) is 0 Å². The second-order valence-electron chi connectivity index (χ2n) is 6.07. The molecule has 0 aromatic heterocycles. The molecular formula is C18H20BrN3O3. The van der Waals surface area contributed by atoms with Crippen LogP contribution in [0.1, 0.15) is 16.7 Å². The Kier molecular flexibility index (Phi) is 5.79. The summed E-state index contributed by atoms with van der Waals surface area (Å²) in [5.74, 6) is -0.227. The number of hydrogen-bond donors (Lipinski definition) is 1. The predicted octanol–water partition coefficient (Wildman–Crippen LogP) is 4.36. The molecule has 0 saturated carbocycles. The normalized spacial score (nSPS) is 10.4. The second-order valence-corrected chi connectivity index (χ2v) is 6.98. The monoisotopic (exact) mass is 405 g/mol. The van der Waals surface area contributed by atoms with Crippen LogP contribution < -0.4 is 10.2 Å². The van der Waals surface area contributed by atoms with Gasteiger partial charge in [-0.1, -0.05) is 33.6 Å². The Morgan fingerprint density at radius 3 is 2.36 bits per heavy atom. The highest BCUT2D eigenvalue weighted by atomic mass is 79.9. The summed E-state index contributed by atoms with van der Waals surface area (Å²) >= 11 is 3.23. The Bertz CT molecular complexity index is 813. The minimum atomic E-state index is -0.456. The summed E-state index contributed by atoms with van der Waals surface area (Å²) in [6, 6.07) is 8.78. The van der Waals surface area contributed by atoms with Crippen molar-refractivity contribution >= 4 is 38.9 Å². The van der Waals surface area contributed by atoms with Gasteiger partial charge in [0.05, 0.1) is 11.5 Å². The van der Waals surface area contributed by atoms with Crippen LogP contribution in [0.4, 0.5) is 17.1 Å². The topological polar surface area (TPSA) is 75.5 Å². The standard InChI is InChI=1S/C18H20BrN3O3/c1-11-7-12(2)18(13(3)8-11)20-17(23)10-21(4)15-6-5-14(19)9-16(15)22(24)25/h5-9H,10H2,1-4H3,(H,20,23). The molecule has 0 fully saturated rings. The molecule has 7 heteroatoms. The predicted molar refractivity (Wildman–Crippen MR) is 103 cm³/mol. The third-order valence-electron chi connectivity index (χ3n) is 3.87. The van der Waals surface area contributed by atoms with Crippen LogP contribution in [-0.4, -0.2) is 24.4 Å². The fourth-order valence-corrected chi connectivity index (χ4v) is 3.17. The van der Waals surface area contributed by atoms with Gasteiger partial charge in [-0.05, 0) is 44.0 Å². The number of likely N-dealkylation sites (N-methyl/N-ethyl adjacent to an activating group) is 1. The van der Waals surface area contributed by atoms with Gasteiger partial charge in [0.15, 0.2) is 0 Å². The van der Waals surface area contributed by atoms with Crippen molar-refractivity contribution < 1.29 is 9.72 Å². The lowest BCUT2D eigenvalue weighted by molar-refractivity contribution is -0.384. The minimum Gasteiger partial charge on any atom is -0.360 e. The highest BCUT2D eigenvalue weighted by molar-refractivity contribution is 9.10. The summed E-state index contributed by atoms with van der Waals surface area (Å²) < 4.78 is 0.617. The van der Waals surface area contributed by atoms with Crippen LogP contribution in [-0.2, 0) is 4.79 Å². The maximum absolute atomic E-state index is 12.4. The van der Waals surface area contributed by atoms with Crippen LogP contribution in [0, 0.1) is 30.9 Å². The van der Waals surface area contributed by atoms with Crippen molar-refractivity contribution in [1.29, 1.82) is 0 Å². The van der Waals surface area contributed by atoms with Crippen LogP contribution in [0.2, 0.25) is 0 Å². The molecule has 0 spiro atoms. The largest absolute Gasteiger partial charge is 0.360 e.